The topological polar surface area (TPSA) is 98.2 Å². The summed E-state index contributed by atoms with van der Waals surface area (Å²) in [6, 6.07) is 3.09. The summed E-state index contributed by atoms with van der Waals surface area (Å²) in [6.07, 6.45) is 0.633. The first kappa shape index (κ1) is 17.0. The van der Waals surface area contributed by atoms with E-state index in [2.05, 4.69) is 0 Å². The average Bonchev–Trinajstić information content (AvgIpc) is 2.87. The predicted molar refractivity (Wildman–Crippen MR) is 77.5 cm³/mol. The summed E-state index contributed by atoms with van der Waals surface area (Å²) >= 11 is 1.57. The number of carbonyl (C=O) groups is 3. The minimum absolute atomic E-state index is 0.166. The Labute approximate surface area is 126 Å². The first-order valence-electron chi connectivity index (χ1n) is 6.29. The van der Waals surface area contributed by atoms with Crippen molar-refractivity contribution in [2.45, 2.75) is 19.4 Å². The largest absolute Gasteiger partial charge is 0.480 e. The number of hydrogen-bond acceptors (Lipinski definition) is 4. The van der Waals surface area contributed by atoms with Crippen LogP contribution in [-0.2, 0) is 16.0 Å². The monoisotopic (exact) mass is 314 g/mol. The summed E-state index contributed by atoms with van der Waals surface area (Å²) in [6.45, 7) is 0.555. The molecule has 0 aliphatic rings. The molecule has 0 spiro atoms. The molecule has 0 aliphatic heterocycles. The molecule has 1 rings (SSSR count). The maximum absolute atomic E-state index is 12.2. The fourth-order valence-corrected chi connectivity index (χ4v) is 2.61. The molecule has 7 nitrogen and oxygen atoms in total. The smallest absolute Gasteiger partial charge is 0.323 e. The Balaban J connectivity index is 2.71. The van der Waals surface area contributed by atoms with Crippen LogP contribution < -0.4 is 0 Å². The van der Waals surface area contributed by atoms with Gasteiger partial charge in [0.15, 0.2) is 0 Å². The average molecular weight is 314 g/mol. The summed E-state index contributed by atoms with van der Waals surface area (Å²) in [7, 11) is 1.54. The van der Waals surface area contributed by atoms with Gasteiger partial charge in [0.25, 0.3) is 0 Å². The Morgan fingerprint density at radius 1 is 1.24 bits per heavy atom. The molecule has 1 aromatic rings. The highest BCUT2D eigenvalue weighted by atomic mass is 32.1. The third kappa shape index (κ3) is 5.42. The van der Waals surface area contributed by atoms with Gasteiger partial charge in [-0.15, -0.1) is 11.3 Å². The number of amides is 2. The summed E-state index contributed by atoms with van der Waals surface area (Å²) in [5, 5.41) is 19.5. The van der Waals surface area contributed by atoms with Crippen LogP contribution >= 0.6 is 11.3 Å². The van der Waals surface area contributed by atoms with Gasteiger partial charge in [-0.2, -0.15) is 0 Å². The lowest BCUT2D eigenvalue weighted by Crippen LogP contribution is -2.49. The van der Waals surface area contributed by atoms with E-state index in [1.165, 1.54) is 11.9 Å². The number of urea groups is 1. The zero-order chi connectivity index (χ0) is 16.0. The summed E-state index contributed by atoms with van der Waals surface area (Å²) < 4.78 is 0. The second kappa shape index (κ2) is 7.63. The van der Waals surface area contributed by atoms with Gasteiger partial charge >= 0.3 is 18.0 Å². The molecule has 1 aromatic heterocycles. The number of carboxylic acids is 2. The van der Waals surface area contributed by atoms with Crippen LogP contribution in [0.15, 0.2) is 17.5 Å². The predicted octanol–water partition coefficient (Wildman–Crippen LogP) is 1.20. The Morgan fingerprint density at radius 3 is 2.24 bits per heavy atom. The van der Waals surface area contributed by atoms with Crippen molar-refractivity contribution in [2.24, 2.45) is 0 Å². The molecule has 21 heavy (non-hydrogen) atoms. The van der Waals surface area contributed by atoms with Crippen LogP contribution in [-0.4, -0.2) is 64.2 Å². The Kier molecular flexibility index (Phi) is 6.16. The molecule has 0 fully saturated rings. The van der Waals surface area contributed by atoms with Crippen LogP contribution in [0.4, 0.5) is 4.79 Å². The molecule has 0 saturated heterocycles. The first-order valence-corrected chi connectivity index (χ1v) is 7.17. The van der Waals surface area contributed by atoms with E-state index >= 15 is 0 Å². The third-order valence-electron chi connectivity index (χ3n) is 2.96. The lowest BCUT2D eigenvalue weighted by atomic mass is 10.2. The van der Waals surface area contributed by atoms with Crippen molar-refractivity contribution in [3.05, 3.63) is 22.4 Å². The number of rotatable bonds is 7. The minimum atomic E-state index is -1.25. The van der Waals surface area contributed by atoms with E-state index in [1.54, 1.807) is 11.3 Å². The van der Waals surface area contributed by atoms with Gasteiger partial charge in [0.1, 0.15) is 13.1 Å². The van der Waals surface area contributed by atoms with Crippen LogP contribution in [0, 0.1) is 0 Å². The molecule has 0 aliphatic carbocycles. The van der Waals surface area contributed by atoms with Gasteiger partial charge in [-0.1, -0.05) is 6.07 Å². The number of nitrogens with zero attached hydrogens (tertiary/aromatic N) is 2. The quantitative estimate of drug-likeness (QED) is 0.788. The molecular weight excluding hydrogens is 296 g/mol. The van der Waals surface area contributed by atoms with Gasteiger partial charge in [0, 0.05) is 24.4 Å². The van der Waals surface area contributed by atoms with Crippen molar-refractivity contribution in [1.82, 2.24) is 9.80 Å². The molecule has 1 unspecified atom stereocenters. The van der Waals surface area contributed by atoms with E-state index in [1.807, 2.05) is 24.4 Å². The molecule has 1 atom stereocenters. The normalized spacial score (nSPS) is 11.7. The van der Waals surface area contributed by atoms with Gasteiger partial charge in [-0.25, -0.2) is 4.79 Å². The van der Waals surface area contributed by atoms with E-state index in [0.717, 1.165) is 9.78 Å². The third-order valence-corrected chi connectivity index (χ3v) is 3.86. The van der Waals surface area contributed by atoms with Crippen molar-refractivity contribution < 1.29 is 24.6 Å². The molecule has 0 radical (unpaired) electrons. The Morgan fingerprint density at radius 2 is 1.81 bits per heavy atom. The summed E-state index contributed by atoms with van der Waals surface area (Å²) in [4.78, 5) is 37.0. The van der Waals surface area contributed by atoms with Gasteiger partial charge < -0.3 is 20.0 Å². The molecule has 116 valence electrons. The molecule has 2 N–H and O–H groups in total. The molecular formula is C13H18N2O5S. The maximum Gasteiger partial charge on any atom is 0.323 e. The van der Waals surface area contributed by atoms with Crippen LogP contribution in [0.3, 0.4) is 0 Å². The molecule has 2 amide bonds. The molecule has 0 bridgehead atoms. The fraction of sp³-hybridized carbons (Fsp3) is 0.462. The lowest BCUT2D eigenvalue weighted by Gasteiger charge is -2.30. The van der Waals surface area contributed by atoms with E-state index in [-0.39, 0.29) is 6.04 Å². The SMILES string of the molecule is CC(Cc1cccs1)N(C)C(=O)N(CC(=O)O)CC(=O)O. The number of aliphatic carboxylic acids is 2. The van der Waals surface area contributed by atoms with Gasteiger partial charge in [0.05, 0.1) is 0 Å². The highest BCUT2D eigenvalue weighted by Crippen LogP contribution is 2.14. The highest BCUT2D eigenvalue weighted by Gasteiger charge is 2.25. The number of hydrogen-bond donors (Lipinski definition) is 2. The lowest BCUT2D eigenvalue weighted by molar-refractivity contribution is -0.140. The van der Waals surface area contributed by atoms with Crippen LogP contribution in [0.25, 0.3) is 0 Å². The van der Waals surface area contributed by atoms with E-state index in [0.29, 0.717) is 6.42 Å². The summed E-state index contributed by atoms with van der Waals surface area (Å²) in [5.74, 6) is -2.49. The summed E-state index contributed by atoms with van der Waals surface area (Å²) in [5.41, 5.74) is 0. The molecule has 8 heteroatoms. The number of carboxylic acid groups (broad SMARTS) is 2. The van der Waals surface area contributed by atoms with Crippen LogP contribution in [0.2, 0.25) is 0 Å². The van der Waals surface area contributed by atoms with Gasteiger partial charge in [-0.05, 0) is 18.4 Å². The van der Waals surface area contributed by atoms with Gasteiger partial charge in [-0.3, -0.25) is 9.59 Å². The van der Waals surface area contributed by atoms with Crippen molar-refractivity contribution in [3.8, 4) is 0 Å². The van der Waals surface area contributed by atoms with Crippen molar-refractivity contribution >= 4 is 29.3 Å². The first-order chi connectivity index (χ1) is 9.81. The maximum atomic E-state index is 12.2. The molecule has 0 saturated carbocycles. The Bertz CT molecular complexity index is 487. The molecule has 0 aromatic carbocycles. The van der Waals surface area contributed by atoms with Crippen molar-refractivity contribution in [3.63, 3.8) is 0 Å². The van der Waals surface area contributed by atoms with Crippen LogP contribution in [0.1, 0.15) is 11.8 Å². The standard InChI is InChI=1S/C13H18N2O5S/c1-9(6-10-4-3-5-21-10)14(2)13(20)15(7-11(16)17)8-12(18)19/h3-5,9H,6-8H2,1-2H3,(H,16,17)(H,18,19). The van der Waals surface area contributed by atoms with Crippen molar-refractivity contribution in [1.29, 1.82) is 0 Å². The van der Waals surface area contributed by atoms with Gasteiger partial charge in [0.2, 0.25) is 0 Å². The second-order valence-electron chi connectivity index (χ2n) is 4.67. The van der Waals surface area contributed by atoms with Crippen molar-refractivity contribution in [2.75, 3.05) is 20.1 Å². The minimum Gasteiger partial charge on any atom is -0.480 e. The second-order valence-corrected chi connectivity index (χ2v) is 5.70. The number of thiophene rings is 1. The zero-order valence-corrected chi connectivity index (χ0v) is 12.7. The van der Waals surface area contributed by atoms with E-state index in [9.17, 15) is 14.4 Å². The highest BCUT2D eigenvalue weighted by molar-refractivity contribution is 7.09. The Hall–Kier alpha value is -2.09. The number of carbonyl (C=O) groups excluding carboxylic acids is 1. The zero-order valence-electron chi connectivity index (χ0n) is 11.9. The molecule has 1 heterocycles. The van der Waals surface area contributed by atoms with Crippen LogP contribution in [0.5, 0.6) is 0 Å². The number of likely N-dealkylation sites (N-methyl/N-ethyl adjacent to an activating group) is 1. The van der Waals surface area contributed by atoms with E-state index in [4.69, 9.17) is 10.2 Å². The van der Waals surface area contributed by atoms with E-state index < -0.39 is 31.1 Å². The fourth-order valence-electron chi connectivity index (χ4n) is 1.79.